The van der Waals surface area contributed by atoms with Gasteiger partial charge in [-0.2, -0.15) is 8.78 Å². The van der Waals surface area contributed by atoms with Crippen LogP contribution in [0.3, 0.4) is 0 Å². The van der Waals surface area contributed by atoms with Crippen molar-refractivity contribution in [2.24, 2.45) is 0 Å². The molecule has 1 rings (SSSR count). The highest BCUT2D eigenvalue weighted by Crippen LogP contribution is 2.35. The van der Waals surface area contributed by atoms with Crippen LogP contribution in [0.25, 0.3) is 0 Å². The molecule has 0 N–H and O–H groups in total. The van der Waals surface area contributed by atoms with Crippen molar-refractivity contribution >= 4 is 40.0 Å². The molecule has 0 amide bonds. The Kier molecular flexibility index (Phi) is 4.13. The fourth-order valence-corrected chi connectivity index (χ4v) is 1.53. The monoisotopic (exact) mass is 274 g/mol. The van der Waals surface area contributed by atoms with Crippen molar-refractivity contribution in [3.05, 3.63) is 27.7 Å². The van der Waals surface area contributed by atoms with Gasteiger partial charge in [-0.1, -0.05) is 23.2 Å². The standard InChI is InChI=1S/C8H3Cl3F2O2/c9-5-3(7(11)14)1-2-4(6(5)10)15-8(12)13/h1-2,8H. The van der Waals surface area contributed by atoms with Crippen LogP contribution in [0.5, 0.6) is 5.75 Å². The minimum absolute atomic E-state index is 0.0649. The van der Waals surface area contributed by atoms with Gasteiger partial charge in [-0.05, 0) is 23.7 Å². The summed E-state index contributed by atoms with van der Waals surface area (Å²) in [4.78, 5) is 10.8. The first-order valence-electron chi connectivity index (χ1n) is 3.56. The number of carbonyl (C=O) groups excluding carboxylic acids is 1. The number of hydrogen-bond acceptors (Lipinski definition) is 2. The number of hydrogen-bond donors (Lipinski definition) is 0. The molecule has 1 aromatic rings. The number of benzene rings is 1. The second kappa shape index (κ2) is 4.96. The lowest BCUT2D eigenvalue weighted by Crippen LogP contribution is -2.03. The highest BCUT2D eigenvalue weighted by molar-refractivity contribution is 6.69. The number of carbonyl (C=O) groups is 1. The summed E-state index contributed by atoms with van der Waals surface area (Å²) in [5.74, 6) is -0.307. The average Bonchev–Trinajstić information content (AvgIpc) is 2.12. The first-order valence-corrected chi connectivity index (χ1v) is 4.69. The van der Waals surface area contributed by atoms with Crippen LogP contribution in [-0.2, 0) is 0 Å². The van der Waals surface area contributed by atoms with Gasteiger partial charge in [0.05, 0.1) is 10.6 Å². The molecule has 0 aliphatic carbocycles. The predicted molar refractivity (Wildman–Crippen MR) is 53.3 cm³/mol. The van der Waals surface area contributed by atoms with Crippen molar-refractivity contribution in [3.63, 3.8) is 0 Å². The Labute approximate surface area is 98.7 Å². The number of alkyl halides is 2. The van der Waals surface area contributed by atoms with Crippen LogP contribution in [0, 0.1) is 0 Å². The zero-order valence-corrected chi connectivity index (χ0v) is 9.21. The van der Waals surface area contributed by atoms with Gasteiger partial charge in [0, 0.05) is 0 Å². The molecule has 0 heterocycles. The van der Waals surface area contributed by atoms with E-state index in [1.165, 1.54) is 0 Å². The molecule has 0 fully saturated rings. The zero-order chi connectivity index (χ0) is 11.6. The predicted octanol–water partition coefficient (Wildman–Crippen LogP) is 3.97. The van der Waals surface area contributed by atoms with Crippen LogP contribution < -0.4 is 4.74 Å². The molecule has 1 aromatic carbocycles. The second-order valence-electron chi connectivity index (χ2n) is 2.39. The summed E-state index contributed by atoms with van der Waals surface area (Å²) in [7, 11) is 0. The molecule has 0 saturated carbocycles. The minimum Gasteiger partial charge on any atom is -0.433 e. The van der Waals surface area contributed by atoms with Crippen molar-refractivity contribution in [1.29, 1.82) is 0 Å². The summed E-state index contributed by atoms with van der Waals surface area (Å²) in [6.45, 7) is -3.02. The van der Waals surface area contributed by atoms with Crippen LogP contribution in [0.15, 0.2) is 12.1 Å². The van der Waals surface area contributed by atoms with Gasteiger partial charge in [-0.25, -0.2) is 0 Å². The second-order valence-corrected chi connectivity index (χ2v) is 3.49. The Morgan fingerprint density at radius 3 is 2.33 bits per heavy atom. The van der Waals surface area contributed by atoms with Crippen molar-refractivity contribution in [2.45, 2.75) is 6.61 Å². The fraction of sp³-hybridized carbons (Fsp3) is 0.125. The quantitative estimate of drug-likeness (QED) is 0.780. The van der Waals surface area contributed by atoms with Crippen molar-refractivity contribution < 1.29 is 18.3 Å². The van der Waals surface area contributed by atoms with E-state index >= 15 is 0 Å². The summed E-state index contributed by atoms with van der Waals surface area (Å²) in [5.41, 5.74) is -0.0649. The molecular formula is C8H3Cl3F2O2. The Balaban J connectivity index is 3.15. The third-order valence-corrected chi connectivity index (χ3v) is 2.54. The first kappa shape index (κ1) is 12.5. The van der Waals surface area contributed by atoms with Crippen molar-refractivity contribution in [2.75, 3.05) is 0 Å². The highest BCUT2D eigenvalue weighted by Gasteiger charge is 2.17. The third-order valence-electron chi connectivity index (χ3n) is 1.47. The van der Waals surface area contributed by atoms with E-state index in [4.69, 9.17) is 34.8 Å². The van der Waals surface area contributed by atoms with Crippen LogP contribution in [0.4, 0.5) is 8.78 Å². The van der Waals surface area contributed by atoms with E-state index in [-0.39, 0.29) is 21.4 Å². The number of rotatable bonds is 3. The summed E-state index contributed by atoms with van der Waals surface area (Å²) in [6, 6.07) is 2.25. The maximum absolute atomic E-state index is 11.9. The molecule has 0 bridgehead atoms. The van der Waals surface area contributed by atoms with Gasteiger partial charge < -0.3 is 4.74 Å². The largest absolute Gasteiger partial charge is 0.433 e. The Hall–Kier alpha value is -0.580. The summed E-state index contributed by atoms with van der Waals surface area (Å²) in [5, 5.41) is -1.32. The molecule has 0 saturated heterocycles. The molecule has 0 radical (unpaired) electrons. The Morgan fingerprint density at radius 2 is 1.87 bits per heavy atom. The smallest absolute Gasteiger partial charge is 0.387 e. The molecule has 2 nitrogen and oxygen atoms in total. The maximum Gasteiger partial charge on any atom is 0.387 e. The fourth-order valence-electron chi connectivity index (χ4n) is 0.871. The normalized spacial score (nSPS) is 10.5. The third kappa shape index (κ3) is 2.93. The number of halogens is 5. The molecule has 0 aromatic heterocycles. The lowest BCUT2D eigenvalue weighted by atomic mass is 10.2. The van der Waals surface area contributed by atoms with Gasteiger partial charge in [0.1, 0.15) is 10.8 Å². The van der Waals surface area contributed by atoms with Crippen molar-refractivity contribution in [3.8, 4) is 5.75 Å². The van der Waals surface area contributed by atoms with E-state index in [1.807, 2.05) is 0 Å². The number of ether oxygens (including phenoxy) is 1. The lowest BCUT2D eigenvalue weighted by molar-refractivity contribution is -0.0497. The van der Waals surface area contributed by atoms with E-state index in [0.717, 1.165) is 12.1 Å². The summed E-state index contributed by atoms with van der Waals surface area (Å²) < 4.78 is 27.8. The average molecular weight is 275 g/mol. The van der Waals surface area contributed by atoms with Crippen LogP contribution in [-0.4, -0.2) is 11.9 Å². The van der Waals surface area contributed by atoms with Gasteiger partial charge in [0.2, 0.25) is 0 Å². The van der Waals surface area contributed by atoms with Crippen LogP contribution in [0.1, 0.15) is 10.4 Å². The Morgan fingerprint density at radius 1 is 1.27 bits per heavy atom. The molecule has 0 unspecified atom stereocenters. The first-order chi connectivity index (χ1) is 6.93. The van der Waals surface area contributed by atoms with Gasteiger partial charge in [0.15, 0.2) is 0 Å². The SMILES string of the molecule is O=C(Cl)c1ccc(OC(F)F)c(Cl)c1Cl. The van der Waals surface area contributed by atoms with Gasteiger partial charge >= 0.3 is 6.61 Å². The zero-order valence-electron chi connectivity index (χ0n) is 6.94. The summed E-state index contributed by atoms with van der Waals surface area (Å²) in [6.07, 6.45) is 0. The molecule has 0 aliphatic heterocycles. The Bertz CT molecular complexity index is 396. The van der Waals surface area contributed by atoms with E-state index in [2.05, 4.69) is 4.74 Å². The molecular weight excluding hydrogens is 272 g/mol. The van der Waals surface area contributed by atoms with Crippen LogP contribution in [0.2, 0.25) is 10.0 Å². The van der Waals surface area contributed by atoms with Crippen LogP contribution >= 0.6 is 34.8 Å². The topological polar surface area (TPSA) is 26.3 Å². The minimum atomic E-state index is -3.02. The molecule has 0 aliphatic rings. The van der Waals surface area contributed by atoms with Crippen molar-refractivity contribution in [1.82, 2.24) is 0 Å². The molecule has 0 atom stereocenters. The molecule has 7 heteroatoms. The maximum atomic E-state index is 11.9. The summed E-state index contributed by atoms with van der Waals surface area (Å²) >= 11 is 16.4. The van der Waals surface area contributed by atoms with Gasteiger partial charge in [-0.3, -0.25) is 4.79 Å². The molecule has 0 spiro atoms. The lowest BCUT2D eigenvalue weighted by Gasteiger charge is -2.08. The molecule has 82 valence electrons. The van der Waals surface area contributed by atoms with E-state index < -0.39 is 11.9 Å². The van der Waals surface area contributed by atoms with E-state index in [9.17, 15) is 13.6 Å². The van der Waals surface area contributed by atoms with E-state index in [0.29, 0.717) is 0 Å². The van der Waals surface area contributed by atoms with Gasteiger partial charge in [0.25, 0.3) is 5.24 Å². The molecule has 15 heavy (non-hydrogen) atoms. The van der Waals surface area contributed by atoms with E-state index in [1.54, 1.807) is 0 Å². The highest BCUT2D eigenvalue weighted by atomic mass is 35.5. The van der Waals surface area contributed by atoms with Gasteiger partial charge in [-0.15, -0.1) is 0 Å².